The van der Waals surface area contributed by atoms with Crippen LogP contribution in [0.3, 0.4) is 0 Å². The number of rotatable bonds is 6. The highest BCUT2D eigenvalue weighted by molar-refractivity contribution is 7.90. The van der Waals surface area contributed by atoms with Gasteiger partial charge in [0.05, 0.1) is 19.8 Å². The molecule has 0 aromatic carbocycles. The van der Waals surface area contributed by atoms with Crippen LogP contribution in [0.1, 0.15) is 6.42 Å². The maximum atomic E-state index is 13.8. The summed E-state index contributed by atoms with van der Waals surface area (Å²) in [6.07, 6.45) is 3.10. The first kappa shape index (κ1) is 18.9. The van der Waals surface area contributed by atoms with E-state index in [0.29, 0.717) is 15.6 Å². The van der Waals surface area contributed by atoms with Gasteiger partial charge in [0.1, 0.15) is 15.8 Å². The Morgan fingerprint density at radius 2 is 2.29 bits per heavy atom. The van der Waals surface area contributed by atoms with E-state index >= 15 is 0 Å². The number of methoxy groups -OCH3 is 1. The lowest BCUT2D eigenvalue weighted by molar-refractivity contribution is -0.117. The predicted octanol–water partition coefficient (Wildman–Crippen LogP) is 2.74. The third-order valence-corrected chi connectivity index (χ3v) is 5.43. The number of thiazole rings is 1. The zero-order valence-corrected chi connectivity index (χ0v) is 15.6. The largest absolute Gasteiger partial charge is 0.617 e. The Bertz CT molecular complexity index is 742. The van der Waals surface area contributed by atoms with Crippen LogP contribution >= 0.6 is 22.9 Å². The maximum Gasteiger partial charge on any atom is 0.250 e. The van der Waals surface area contributed by atoms with Gasteiger partial charge in [-0.05, 0) is 6.07 Å². The molecule has 0 fully saturated rings. The van der Waals surface area contributed by atoms with Gasteiger partial charge in [-0.25, -0.2) is 14.4 Å². The van der Waals surface area contributed by atoms with Crippen molar-refractivity contribution in [2.75, 3.05) is 31.1 Å². The summed E-state index contributed by atoms with van der Waals surface area (Å²) in [5, 5.41) is 1.01. The van der Waals surface area contributed by atoms with E-state index in [1.807, 2.05) is 0 Å². The lowest BCUT2D eigenvalue weighted by Gasteiger charge is -2.15. The molecule has 0 aliphatic heterocycles. The van der Waals surface area contributed by atoms with Crippen molar-refractivity contribution < 1.29 is 18.5 Å². The molecule has 24 heavy (non-hydrogen) atoms. The second-order valence-corrected chi connectivity index (χ2v) is 7.70. The zero-order valence-electron chi connectivity index (χ0n) is 13.2. The molecular weight excluding hydrogens is 377 g/mol. The first-order valence-corrected chi connectivity index (χ1v) is 9.68. The second kappa shape index (κ2) is 8.11. The number of anilines is 1. The summed E-state index contributed by atoms with van der Waals surface area (Å²) >= 11 is 6.20. The van der Waals surface area contributed by atoms with Gasteiger partial charge in [-0.1, -0.05) is 34.1 Å². The van der Waals surface area contributed by atoms with Gasteiger partial charge in [0.2, 0.25) is 11.8 Å². The summed E-state index contributed by atoms with van der Waals surface area (Å²) in [6.45, 7) is 0. The second-order valence-electron chi connectivity index (χ2n) is 4.81. The molecule has 2 rings (SSSR count). The fourth-order valence-corrected chi connectivity index (χ4v) is 3.59. The summed E-state index contributed by atoms with van der Waals surface area (Å²) in [4.78, 5) is 21.5. The summed E-state index contributed by atoms with van der Waals surface area (Å²) in [5.41, 5.74) is 0.432. The van der Waals surface area contributed by atoms with Gasteiger partial charge < -0.3 is 14.2 Å². The van der Waals surface area contributed by atoms with E-state index in [4.69, 9.17) is 16.3 Å². The molecule has 0 spiro atoms. The molecule has 130 valence electrons. The predicted molar refractivity (Wildman–Crippen MR) is 93.8 cm³/mol. The van der Waals surface area contributed by atoms with Crippen molar-refractivity contribution in [1.82, 2.24) is 9.97 Å². The first-order valence-electron chi connectivity index (χ1n) is 6.76. The van der Waals surface area contributed by atoms with Crippen LogP contribution in [-0.2, 0) is 16.0 Å². The third kappa shape index (κ3) is 4.35. The summed E-state index contributed by atoms with van der Waals surface area (Å²) in [7, 11) is 2.89. The molecule has 0 aliphatic rings. The summed E-state index contributed by atoms with van der Waals surface area (Å²) < 4.78 is 29.6. The minimum Gasteiger partial charge on any atom is -0.617 e. The summed E-state index contributed by atoms with van der Waals surface area (Å²) in [6, 6.07) is 1.24. The number of carbonyl (C=O) groups is 1. The summed E-state index contributed by atoms with van der Waals surface area (Å²) in [5.74, 6) is -0.666. The molecular formula is C14H15ClFN3O3S2. The van der Waals surface area contributed by atoms with Gasteiger partial charge in [-0.2, -0.15) is 0 Å². The number of carbonyl (C=O) groups excluding carboxylic acids is 1. The van der Waals surface area contributed by atoms with E-state index in [0.717, 1.165) is 11.3 Å². The average molecular weight is 392 g/mol. The van der Waals surface area contributed by atoms with E-state index in [9.17, 15) is 13.7 Å². The molecule has 0 bridgehead atoms. The Kier molecular flexibility index (Phi) is 6.39. The molecule has 0 saturated heterocycles. The monoisotopic (exact) mass is 391 g/mol. The van der Waals surface area contributed by atoms with E-state index in [2.05, 4.69) is 9.97 Å². The van der Waals surface area contributed by atoms with Crippen molar-refractivity contribution in [3.05, 3.63) is 23.2 Å². The number of hydrogen-bond donors (Lipinski definition) is 0. The number of nitrogens with zero attached hydrogens (tertiary/aromatic N) is 3. The van der Waals surface area contributed by atoms with E-state index in [-0.39, 0.29) is 29.1 Å². The number of pyridine rings is 1. The zero-order chi connectivity index (χ0) is 17.9. The van der Waals surface area contributed by atoms with Gasteiger partial charge in [-0.3, -0.25) is 4.79 Å². The lowest BCUT2D eigenvalue weighted by Crippen LogP contribution is -2.27. The molecule has 2 heterocycles. The Morgan fingerprint density at radius 1 is 1.58 bits per heavy atom. The Labute approximate surface area is 150 Å². The van der Waals surface area contributed by atoms with Crippen LogP contribution in [0.5, 0.6) is 5.88 Å². The molecule has 1 atom stereocenters. The van der Waals surface area contributed by atoms with Gasteiger partial charge >= 0.3 is 0 Å². The third-order valence-electron chi connectivity index (χ3n) is 3.10. The van der Waals surface area contributed by atoms with Crippen molar-refractivity contribution in [3.8, 4) is 16.5 Å². The Morgan fingerprint density at radius 3 is 2.88 bits per heavy atom. The quantitative estimate of drug-likeness (QED) is 0.707. The number of ether oxygens (including phenoxy) is 1. The van der Waals surface area contributed by atoms with Crippen LogP contribution in [0.15, 0.2) is 12.3 Å². The average Bonchev–Trinajstić information content (AvgIpc) is 2.93. The number of hydrogen-bond acceptors (Lipinski definition) is 6. The SMILES string of the molecule is COc1ncc(-c2nc(Cl)c(N(C)C(=O)CC[S+](C)[O-])s2)cc1F. The maximum absolute atomic E-state index is 13.8. The Balaban J connectivity index is 2.23. The first-order chi connectivity index (χ1) is 11.3. The van der Waals surface area contributed by atoms with Crippen LogP contribution in [0, 0.1) is 5.82 Å². The van der Waals surface area contributed by atoms with Crippen LogP contribution in [0.2, 0.25) is 5.15 Å². The van der Waals surface area contributed by atoms with Crippen LogP contribution in [0.4, 0.5) is 9.39 Å². The number of amides is 1. The van der Waals surface area contributed by atoms with Crippen LogP contribution in [0.25, 0.3) is 10.6 Å². The fraction of sp³-hybridized carbons (Fsp3) is 0.357. The highest BCUT2D eigenvalue weighted by Gasteiger charge is 2.21. The van der Waals surface area contributed by atoms with Crippen molar-refractivity contribution in [3.63, 3.8) is 0 Å². The van der Waals surface area contributed by atoms with E-state index < -0.39 is 17.0 Å². The normalized spacial score (nSPS) is 12.1. The smallest absolute Gasteiger partial charge is 0.250 e. The molecule has 2 aromatic rings. The van der Waals surface area contributed by atoms with Crippen molar-refractivity contribution in [1.29, 1.82) is 0 Å². The highest BCUT2D eigenvalue weighted by Crippen LogP contribution is 2.37. The minimum absolute atomic E-state index is 0.110. The molecule has 2 aromatic heterocycles. The molecule has 6 nitrogen and oxygen atoms in total. The minimum atomic E-state index is -1.05. The Hall–Kier alpha value is -1.42. The van der Waals surface area contributed by atoms with Crippen LogP contribution < -0.4 is 9.64 Å². The van der Waals surface area contributed by atoms with Crippen molar-refractivity contribution in [2.45, 2.75) is 6.42 Å². The topological polar surface area (TPSA) is 78.4 Å². The van der Waals surface area contributed by atoms with Gasteiger partial charge in [0, 0.05) is 18.8 Å². The standard InChI is InChI=1S/C14H15ClFN3O3S2/c1-19(10(20)4-5-24(3)21)14-11(15)18-13(23-14)8-6-9(16)12(22-2)17-7-8/h6-7H,4-5H2,1-3H3. The number of halogens is 2. The number of aromatic nitrogens is 2. The van der Waals surface area contributed by atoms with E-state index in [1.54, 1.807) is 7.05 Å². The lowest BCUT2D eigenvalue weighted by atomic mass is 10.3. The molecule has 0 aliphatic carbocycles. The van der Waals surface area contributed by atoms with Crippen molar-refractivity contribution >= 4 is 45.0 Å². The van der Waals surface area contributed by atoms with Gasteiger partial charge in [0.25, 0.3) is 0 Å². The molecule has 0 N–H and O–H groups in total. The molecule has 0 radical (unpaired) electrons. The van der Waals surface area contributed by atoms with Gasteiger partial charge in [0.15, 0.2) is 11.0 Å². The van der Waals surface area contributed by atoms with Crippen LogP contribution in [-0.4, -0.2) is 46.6 Å². The fourth-order valence-electron chi connectivity index (χ4n) is 1.83. The molecule has 1 amide bonds. The highest BCUT2D eigenvalue weighted by atomic mass is 35.5. The van der Waals surface area contributed by atoms with E-state index in [1.165, 1.54) is 30.5 Å². The molecule has 0 saturated carbocycles. The molecule has 10 heteroatoms. The van der Waals surface area contributed by atoms with Crippen molar-refractivity contribution in [2.24, 2.45) is 0 Å². The molecule has 1 unspecified atom stereocenters. The van der Waals surface area contributed by atoms with Gasteiger partial charge in [-0.15, -0.1) is 0 Å².